The number of hydrogen-bond acceptors (Lipinski definition) is 4. The van der Waals surface area contributed by atoms with Crippen molar-refractivity contribution in [3.63, 3.8) is 0 Å². The molecule has 3 aromatic carbocycles. The standard InChI is InChI=1S/C28H22ClF2N3O4/c1-16(18-6-2-4-8-21(18)29)38-27(37)33-25-23(31)15-32-34(25)24-9-5-3-7-20(24)19-11-10-17(14-22(19)30)28(12-13-28)26(35)36/h2-11,14-16H,12-13H2,1H3,(H,33,37)(H,35,36). The highest BCUT2D eigenvalue weighted by Crippen LogP contribution is 2.49. The Labute approximate surface area is 221 Å². The van der Waals surface area contributed by atoms with Gasteiger partial charge < -0.3 is 9.84 Å². The highest BCUT2D eigenvalue weighted by molar-refractivity contribution is 6.31. The second-order valence-corrected chi connectivity index (χ2v) is 9.45. The number of aliphatic carboxylic acids is 1. The van der Waals surface area contributed by atoms with E-state index >= 15 is 4.39 Å². The molecule has 1 aromatic heterocycles. The Morgan fingerprint density at radius 2 is 1.76 bits per heavy atom. The van der Waals surface area contributed by atoms with E-state index in [9.17, 15) is 19.1 Å². The van der Waals surface area contributed by atoms with E-state index in [2.05, 4.69) is 10.4 Å². The lowest BCUT2D eigenvalue weighted by Gasteiger charge is -2.17. The fraction of sp³-hybridized carbons (Fsp3) is 0.179. The Morgan fingerprint density at radius 1 is 1.05 bits per heavy atom. The molecule has 5 rings (SSSR count). The third-order valence-electron chi connectivity index (χ3n) is 6.68. The van der Waals surface area contributed by atoms with Crippen molar-refractivity contribution in [3.05, 3.63) is 101 Å². The summed E-state index contributed by atoms with van der Waals surface area (Å²) in [6.07, 6.45) is 0.167. The largest absolute Gasteiger partial charge is 0.481 e. The second kappa shape index (κ2) is 9.90. The summed E-state index contributed by atoms with van der Waals surface area (Å²) in [4.78, 5) is 24.3. The van der Waals surface area contributed by atoms with E-state index in [1.165, 1.54) is 12.1 Å². The summed E-state index contributed by atoms with van der Waals surface area (Å²) in [5.41, 5.74) is 0.743. The number of para-hydroxylation sites is 1. The van der Waals surface area contributed by atoms with E-state index in [0.29, 0.717) is 34.6 Å². The number of carbonyl (C=O) groups is 2. The number of rotatable bonds is 7. The summed E-state index contributed by atoms with van der Waals surface area (Å²) in [6.45, 7) is 1.63. The van der Waals surface area contributed by atoms with Crippen LogP contribution in [0.2, 0.25) is 5.02 Å². The predicted molar refractivity (Wildman–Crippen MR) is 137 cm³/mol. The number of anilines is 1. The molecule has 10 heteroatoms. The number of halogens is 3. The first-order chi connectivity index (χ1) is 18.2. The minimum Gasteiger partial charge on any atom is -0.481 e. The van der Waals surface area contributed by atoms with Gasteiger partial charge >= 0.3 is 12.1 Å². The zero-order chi connectivity index (χ0) is 27.0. The second-order valence-electron chi connectivity index (χ2n) is 9.05. The zero-order valence-electron chi connectivity index (χ0n) is 20.1. The average Bonchev–Trinajstić information content (AvgIpc) is 3.64. The van der Waals surface area contributed by atoms with E-state index in [-0.39, 0.29) is 17.1 Å². The van der Waals surface area contributed by atoms with Gasteiger partial charge in [0.15, 0.2) is 11.6 Å². The Bertz CT molecular complexity index is 1550. The summed E-state index contributed by atoms with van der Waals surface area (Å²) in [6, 6.07) is 17.7. The predicted octanol–water partition coefficient (Wildman–Crippen LogP) is 6.90. The first-order valence-electron chi connectivity index (χ1n) is 11.8. The van der Waals surface area contributed by atoms with Crippen molar-refractivity contribution in [1.29, 1.82) is 0 Å². The summed E-state index contributed by atoms with van der Waals surface area (Å²) >= 11 is 6.17. The van der Waals surface area contributed by atoms with Crippen LogP contribution in [0.25, 0.3) is 16.8 Å². The molecular formula is C28H22ClF2N3O4. The molecule has 1 aliphatic carbocycles. The molecule has 0 bridgehead atoms. The number of carboxylic acids is 1. The van der Waals surface area contributed by atoms with E-state index in [1.54, 1.807) is 61.5 Å². The number of carbonyl (C=O) groups excluding carboxylic acids is 1. The molecule has 1 saturated carbocycles. The van der Waals surface area contributed by atoms with Gasteiger partial charge in [0.2, 0.25) is 0 Å². The molecular weight excluding hydrogens is 516 g/mol. The third kappa shape index (κ3) is 4.61. The minimum atomic E-state index is -1.05. The number of ether oxygens (including phenoxy) is 1. The fourth-order valence-corrected chi connectivity index (χ4v) is 4.74. The molecule has 1 unspecified atom stereocenters. The lowest BCUT2D eigenvalue weighted by Crippen LogP contribution is -2.20. The molecule has 7 nitrogen and oxygen atoms in total. The van der Waals surface area contributed by atoms with Crippen LogP contribution in [0.3, 0.4) is 0 Å². The molecule has 1 aliphatic rings. The van der Waals surface area contributed by atoms with Crippen LogP contribution in [0.15, 0.2) is 72.9 Å². The van der Waals surface area contributed by atoms with Gasteiger partial charge in [-0.15, -0.1) is 0 Å². The Hall–Kier alpha value is -4.24. The van der Waals surface area contributed by atoms with Crippen molar-refractivity contribution in [3.8, 4) is 16.8 Å². The molecule has 194 valence electrons. The normalized spacial score (nSPS) is 14.5. The van der Waals surface area contributed by atoms with Gasteiger partial charge in [0.25, 0.3) is 0 Å². The molecule has 1 heterocycles. The minimum absolute atomic E-state index is 0.169. The van der Waals surface area contributed by atoms with E-state index < -0.39 is 35.2 Å². The van der Waals surface area contributed by atoms with E-state index in [0.717, 1.165) is 10.9 Å². The molecule has 0 radical (unpaired) electrons. The Kier molecular flexibility index (Phi) is 6.62. The number of nitrogens with zero attached hydrogens (tertiary/aromatic N) is 2. The molecule has 2 N–H and O–H groups in total. The van der Waals surface area contributed by atoms with Crippen molar-refractivity contribution >= 4 is 29.5 Å². The zero-order valence-corrected chi connectivity index (χ0v) is 20.9. The van der Waals surface area contributed by atoms with E-state index in [1.807, 2.05) is 0 Å². The highest BCUT2D eigenvalue weighted by Gasteiger charge is 2.52. The molecule has 1 atom stereocenters. The highest BCUT2D eigenvalue weighted by atomic mass is 35.5. The number of nitrogens with one attached hydrogen (secondary N) is 1. The van der Waals surface area contributed by atoms with E-state index in [4.69, 9.17) is 16.3 Å². The summed E-state index contributed by atoms with van der Waals surface area (Å²) in [5.74, 6) is -2.73. The fourth-order valence-electron chi connectivity index (χ4n) is 4.45. The molecule has 0 aliphatic heterocycles. The van der Waals surface area contributed by atoms with Gasteiger partial charge in [-0.25, -0.2) is 18.3 Å². The molecule has 38 heavy (non-hydrogen) atoms. The van der Waals surface area contributed by atoms with Crippen LogP contribution in [-0.2, 0) is 14.9 Å². The van der Waals surface area contributed by atoms with Gasteiger partial charge in [-0.1, -0.05) is 60.1 Å². The quantitative estimate of drug-likeness (QED) is 0.267. The van der Waals surface area contributed by atoms with Gasteiger partial charge in [0.05, 0.1) is 17.3 Å². The van der Waals surface area contributed by atoms with Gasteiger partial charge in [0.1, 0.15) is 11.9 Å². The van der Waals surface area contributed by atoms with Crippen LogP contribution in [0.1, 0.15) is 37.0 Å². The number of carboxylic acid groups (broad SMARTS) is 1. The van der Waals surface area contributed by atoms with Crippen LogP contribution in [-0.4, -0.2) is 26.9 Å². The maximum atomic E-state index is 15.3. The number of amides is 1. The van der Waals surface area contributed by atoms with Crippen molar-refractivity contribution in [2.24, 2.45) is 0 Å². The van der Waals surface area contributed by atoms with Gasteiger partial charge in [-0.05, 0) is 43.5 Å². The van der Waals surface area contributed by atoms with Crippen molar-refractivity contribution in [1.82, 2.24) is 9.78 Å². The van der Waals surface area contributed by atoms with Gasteiger partial charge in [0, 0.05) is 21.7 Å². The van der Waals surface area contributed by atoms with Crippen LogP contribution in [0.4, 0.5) is 19.4 Å². The topological polar surface area (TPSA) is 93.5 Å². The SMILES string of the molecule is CC(OC(=O)Nc1c(F)cnn1-c1ccccc1-c1ccc(C2(C(=O)O)CC2)cc1F)c1ccccc1Cl. The van der Waals surface area contributed by atoms with Crippen LogP contribution in [0.5, 0.6) is 0 Å². The van der Waals surface area contributed by atoms with Crippen LogP contribution < -0.4 is 5.32 Å². The first kappa shape index (κ1) is 25.4. The van der Waals surface area contributed by atoms with Crippen LogP contribution >= 0.6 is 11.6 Å². The average molecular weight is 538 g/mol. The van der Waals surface area contributed by atoms with Crippen molar-refractivity contribution < 1.29 is 28.2 Å². The number of aromatic nitrogens is 2. The number of hydrogen-bond donors (Lipinski definition) is 2. The lowest BCUT2D eigenvalue weighted by atomic mass is 9.93. The molecule has 1 amide bonds. The lowest BCUT2D eigenvalue weighted by molar-refractivity contribution is -0.140. The smallest absolute Gasteiger partial charge is 0.413 e. The maximum absolute atomic E-state index is 15.3. The van der Waals surface area contributed by atoms with Crippen LogP contribution in [0, 0.1) is 11.6 Å². The van der Waals surface area contributed by atoms with Gasteiger partial charge in [-0.3, -0.25) is 10.1 Å². The third-order valence-corrected chi connectivity index (χ3v) is 7.02. The summed E-state index contributed by atoms with van der Waals surface area (Å²) in [7, 11) is 0. The van der Waals surface area contributed by atoms with Crippen molar-refractivity contribution in [2.75, 3.05) is 5.32 Å². The van der Waals surface area contributed by atoms with Gasteiger partial charge in [-0.2, -0.15) is 5.10 Å². The van der Waals surface area contributed by atoms with Crippen molar-refractivity contribution in [2.45, 2.75) is 31.3 Å². The summed E-state index contributed by atoms with van der Waals surface area (Å²) in [5, 5.41) is 16.4. The first-order valence-corrected chi connectivity index (χ1v) is 12.2. The maximum Gasteiger partial charge on any atom is 0.413 e. The number of benzene rings is 3. The molecule has 0 spiro atoms. The molecule has 1 fully saturated rings. The summed E-state index contributed by atoms with van der Waals surface area (Å²) < 4.78 is 36.6. The Morgan fingerprint density at radius 3 is 2.45 bits per heavy atom. The molecule has 4 aromatic rings. The monoisotopic (exact) mass is 537 g/mol. The molecule has 0 saturated heterocycles. The Balaban J connectivity index is 1.44.